The first-order valence-electron chi connectivity index (χ1n) is 8.94. The van der Waals surface area contributed by atoms with E-state index in [2.05, 4.69) is 5.32 Å². The van der Waals surface area contributed by atoms with Crippen LogP contribution in [0.25, 0.3) is 0 Å². The van der Waals surface area contributed by atoms with E-state index in [1.165, 1.54) is 11.3 Å². The monoisotopic (exact) mass is 364 g/mol. The Morgan fingerprint density at radius 3 is 2.56 bits per heavy atom. The molecule has 1 heterocycles. The highest BCUT2D eigenvalue weighted by Crippen LogP contribution is 2.37. The van der Waals surface area contributed by atoms with Crippen molar-refractivity contribution in [1.82, 2.24) is 0 Å². The number of rotatable bonds is 6. The molecule has 1 saturated carbocycles. The molecule has 0 aliphatic heterocycles. The van der Waals surface area contributed by atoms with Crippen LogP contribution in [0.3, 0.4) is 0 Å². The molecule has 0 aromatic carbocycles. The van der Waals surface area contributed by atoms with Crippen LogP contribution in [0.5, 0.6) is 0 Å². The van der Waals surface area contributed by atoms with Crippen LogP contribution in [0, 0.1) is 5.92 Å². The largest absolute Gasteiger partial charge is 0.456 e. The van der Waals surface area contributed by atoms with Gasteiger partial charge >= 0.3 is 5.97 Å². The van der Waals surface area contributed by atoms with Crippen molar-refractivity contribution in [3.8, 4) is 0 Å². The number of carbonyl (C=O) groups excluding carboxylic acids is 3. The second-order valence-corrected chi connectivity index (χ2v) is 7.95. The number of esters is 1. The SMILES string of the molecule is NC(=O)c1c(NC(=O)COC(=O)CC2CCCC2)sc2c1CCCC2. The molecule has 0 unspecified atom stereocenters. The third kappa shape index (κ3) is 4.39. The zero-order valence-electron chi connectivity index (χ0n) is 14.3. The number of aryl methyl sites for hydroxylation is 1. The molecule has 2 amide bonds. The van der Waals surface area contributed by atoms with E-state index >= 15 is 0 Å². The lowest BCUT2D eigenvalue weighted by Gasteiger charge is -2.11. The minimum absolute atomic E-state index is 0.327. The number of amides is 2. The van der Waals surface area contributed by atoms with Gasteiger partial charge in [-0.25, -0.2) is 0 Å². The number of nitrogens with two attached hydrogens (primary N) is 1. The van der Waals surface area contributed by atoms with Crippen molar-refractivity contribution in [2.45, 2.75) is 57.8 Å². The molecule has 0 bridgehead atoms. The van der Waals surface area contributed by atoms with Gasteiger partial charge in [-0.1, -0.05) is 12.8 Å². The summed E-state index contributed by atoms with van der Waals surface area (Å²) in [7, 11) is 0. The Balaban J connectivity index is 1.56. The van der Waals surface area contributed by atoms with Crippen molar-refractivity contribution >= 4 is 34.1 Å². The summed E-state index contributed by atoms with van der Waals surface area (Å²) >= 11 is 1.41. The molecular formula is C18H24N2O4S. The first-order valence-corrected chi connectivity index (χ1v) is 9.76. The number of ether oxygens (including phenoxy) is 1. The fourth-order valence-corrected chi connectivity index (χ4v) is 5.04. The van der Waals surface area contributed by atoms with Crippen molar-refractivity contribution in [3.05, 3.63) is 16.0 Å². The molecule has 3 rings (SSSR count). The van der Waals surface area contributed by atoms with E-state index in [0.29, 0.717) is 22.9 Å². The highest BCUT2D eigenvalue weighted by molar-refractivity contribution is 7.17. The molecule has 1 fully saturated rings. The predicted molar refractivity (Wildman–Crippen MR) is 95.6 cm³/mol. The van der Waals surface area contributed by atoms with Crippen LogP contribution in [0.15, 0.2) is 0 Å². The van der Waals surface area contributed by atoms with Gasteiger partial charge in [0.2, 0.25) is 0 Å². The summed E-state index contributed by atoms with van der Waals surface area (Å²) in [4.78, 5) is 36.8. The molecule has 7 heteroatoms. The van der Waals surface area contributed by atoms with Crippen LogP contribution in [-0.2, 0) is 27.2 Å². The first-order chi connectivity index (χ1) is 12.0. The molecule has 0 saturated heterocycles. The molecular weight excluding hydrogens is 340 g/mol. The summed E-state index contributed by atoms with van der Waals surface area (Å²) in [6, 6.07) is 0. The highest BCUT2D eigenvalue weighted by atomic mass is 32.1. The molecule has 3 N–H and O–H groups in total. The molecule has 0 atom stereocenters. The van der Waals surface area contributed by atoms with Crippen LogP contribution in [0.1, 0.15) is 65.7 Å². The number of carbonyl (C=O) groups is 3. The highest BCUT2D eigenvalue weighted by Gasteiger charge is 2.25. The Morgan fingerprint density at radius 2 is 1.84 bits per heavy atom. The number of hydrogen-bond acceptors (Lipinski definition) is 5. The fraction of sp³-hybridized carbons (Fsp3) is 0.611. The van der Waals surface area contributed by atoms with Gasteiger partial charge in [-0.05, 0) is 50.0 Å². The van der Waals surface area contributed by atoms with Crippen molar-refractivity contribution in [2.75, 3.05) is 11.9 Å². The summed E-state index contributed by atoms with van der Waals surface area (Å²) in [5, 5.41) is 3.18. The smallest absolute Gasteiger partial charge is 0.306 e. The molecule has 0 spiro atoms. The number of thiophene rings is 1. The van der Waals surface area contributed by atoms with Gasteiger partial charge in [0.15, 0.2) is 6.61 Å². The van der Waals surface area contributed by atoms with Crippen LogP contribution in [0.4, 0.5) is 5.00 Å². The van der Waals surface area contributed by atoms with Gasteiger partial charge < -0.3 is 15.8 Å². The van der Waals surface area contributed by atoms with E-state index in [0.717, 1.165) is 61.8 Å². The maximum Gasteiger partial charge on any atom is 0.306 e. The maximum absolute atomic E-state index is 12.1. The summed E-state index contributed by atoms with van der Waals surface area (Å²) in [5.74, 6) is -0.891. The Morgan fingerprint density at radius 1 is 1.12 bits per heavy atom. The van der Waals surface area contributed by atoms with Crippen LogP contribution >= 0.6 is 11.3 Å². The number of primary amides is 1. The van der Waals surface area contributed by atoms with E-state index in [1.807, 2.05) is 0 Å². The summed E-state index contributed by atoms with van der Waals surface area (Å²) in [5.41, 5.74) is 6.89. The van der Waals surface area contributed by atoms with Gasteiger partial charge in [0.1, 0.15) is 5.00 Å². The molecule has 1 aromatic rings. The minimum atomic E-state index is -0.520. The van der Waals surface area contributed by atoms with Crippen molar-refractivity contribution in [1.29, 1.82) is 0 Å². The van der Waals surface area contributed by atoms with Gasteiger partial charge in [0.25, 0.3) is 11.8 Å². The summed E-state index contributed by atoms with van der Waals surface area (Å²) in [6.45, 7) is -0.327. The molecule has 2 aliphatic rings. The van der Waals surface area contributed by atoms with Crippen LogP contribution < -0.4 is 11.1 Å². The summed E-state index contributed by atoms with van der Waals surface area (Å²) < 4.78 is 5.08. The number of nitrogens with one attached hydrogen (secondary N) is 1. The molecule has 6 nitrogen and oxygen atoms in total. The Hall–Kier alpha value is -1.89. The zero-order chi connectivity index (χ0) is 17.8. The first kappa shape index (κ1) is 17.9. The Kier molecular flexibility index (Phi) is 5.73. The lowest BCUT2D eigenvalue weighted by Crippen LogP contribution is -2.23. The van der Waals surface area contributed by atoms with Crippen molar-refractivity contribution in [3.63, 3.8) is 0 Å². The molecule has 0 radical (unpaired) electrons. The van der Waals surface area contributed by atoms with Crippen molar-refractivity contribution in [2.24, 2.45) is 11.7 Å². The Labute approximate surface area is 151 Å². The lowest BCUT2D eigenvalue weighted by atomic mass is 9.95. The predicted octanol–water partition coefficient (Wildman–Crippen LogP) is 2.79. The third-order valence-electron chi connectivity index (χ3n) is 4.96. The average molecular weight is 364 g/mol. The second kappa shape index (κ2) is 7.99. The fourth-order valence-electron chi connectivity index (χ4n) is 3.73. The van der Waals surface area contributed by atoms with Gasteiger partial charge in [0.05, 0.1) is 5.56 Å². The average Bonchev–Trinajstić information content (AvgIpc) is 3.19. The number of fused-ring (bicyclic) bond motifs is 1. The van der Waals surface area contributed by atoms with E-state index in [4.69, 9.17) is 10.5 Å². The van der Waals surface area contributed by atoms with Gasteiger partial charge in [0, 0.05) is 11.3 Å². The quantitative estimate of drug-likeness (QED) is 0.758. The van der Waals surface area contributed by atoms with Crippen molar-refractivity contribution < 1.29 is 19.1 Å². The number of hydrogen-bond donors (Lipinski definition) is 2. The maximum atomic E-state index is 12.1. The normalized spacial score (nSPS) is 17.1. The zero-order valence-corrected chi connectivity index (χ0v) is 15.1. The van der Waals surface area contributed by atoms with Gasteiger partial charge in [-0.2, -0.15) is 0 Å². The van der Waals surface area contributed by atoms with E-state index < -0.39 is 11.8 Å². The van der Waals surface area contributed by atoms with Gasteiger partial charge in [-0.3, -0.25) is 14.4 Å². The van der Waals surface area contributed by atoms with Gasteiger partial charge in [-0.15, -0.1) is 11.3 Å². The standard InChI is InChI=1S/C18H24N2O4S/c19-17(23)16-12-7-3-4-8-13(12)25-18(16)20-14(21)10-24-15(22)9-11-5-1-2-6-11/h11H,1-10H2,(H2,19,23)(H,20,21). The molecule has 25 heavy (non-hydrogen) atoms. The second-order valence-electron chi connectivity index (χ2n) is 6.84. The number of anilines is 1. The molecule has 2 aliphatic carbocycles. The molecule has 1 aromatic heterocycles. The topological polar surface area (TPSA) is 98.5 Å². The Bertz CT molecular complexity index is 677. The van der Waals surface area contributed by atoms with E-state index in [9.17, 15) is 14.4 Å². The van der Waals surface area contributed by atoms with E-state index in [-0.39, 0.29) is 12.6 Å². The lowest BCUT2D eigenvalue weighted by molar-refractivity contribution is -0.148. The summed E-state index contributed by atoms with van der Waals surface area (Å²) in [6.07, 6.45) is 8.66. The van der Waals surface area contributed by atoms with Crippen LogP contribution in [-0.4, -0.2) is 24.4 Å². The minimum Gasteiger partial charge on any atom is -0.456 e. The van der Waals surface area contributed by atoms with Crippen LogP contribution in [0.2, 0.25) is 0 Å². The molecule has 136 valence electrons. The van der Waals surface area contributed by atoms with E-state index in [1.54, 1.807) is 0 Å². The third-order valence-corrected chi connectivity index (χ3v) is 6.17.